The van der Waals surface area contributed by atoms with Crippen molar-refractivity contribution in [2.75, 3.05) is 0 Å². The minimum Gasteiger partial charge on any atom is -0.268 e. The number of rotatable bonds is 6. The lowest BCUT2D eigenvalue weighted by molar-refractivity contribution is -0.128. The van der Waals surface area contributed by atoms with E-state index in [4.69, 9.17) is 16.6 Å². The van der Waals surface area contributed by atoms with Crippen LogP contribution in [0.25, 0.3) is 34.1 Å². The largest absolute Gasteiger partial charge is 0.280 e. The number of hydrazine groups is 1. The summed E-state index contributed by atoms with van der Waals surface area (Å²) in [7, 11) is 0. The number of nitrogens with zero attached hydrogens (tertiary/aromatic N) is 3. The van der Waals surface area contributed by atoms with Crippen molar-refractivity contribution in [1.82, 2.24) is 20.0 Å². The molecule has 1 atom stereocenters. The Bertz CT molecular complexity index is 2290. The molecule has 0 aliphatic carbocycles. The van der Waals surface area contributed by atoms with Gasteiger partial charge in [-0.3, -0.25) is 24.4 Å². The summed E-state index contributed by atoms with van der Waals surface area (Å²) in [5.41, 5.74) is 6.99. The molecule has 0 saturated carbocycles. The molecule has 0 bridgehead atoms. The Kier molecular flexibility index (Phi) is 8.39. The summed E-state index contributed by atoms with van der Waals surface area (Å²) in [6, 6.07) is 34.3. The zero-order valence-electron chi connectivity index (χ0n) is 25.4. The van der Waals surface area contributed by atoms with Crippen LogP contribution in [0.4, 0.5) is 4.39 Å². The van der Waals surface area contributed by atoms with E-state index >= 15 is 0 Å². The molecule has 10 heteroatoms. The molecule has 2 amide bonds. The Hall–Kier alpha value is -5.51. The highest BCUT2D eigenvalue weighted by molar-refractivity contribution is 8.04. The molecule has 1 fully saturated rings. The Morgan fingerprint density at radius 1 is 0.875 bits per heavy atom. The Morgan fingerprint density at radius 3 is 2.29 bits per heavy atom. The van der Waals surface area contributed by atoms with Gasteiger partial charge in [0.2, 0.25) is 0 Å². The van der Waals surface area contributed by atoms with Crippen molar-refractivity contribution in [2.24, 2.45) is 0 Å². The number of thioether (sulfide) groups is 1. The second-order valence-corrected chi connectivity index (χ2v) is 12.7. The first-order chi connectivity index (χ1) is 23.3. The van der Waals surface area contributed by atoms with Crippen LogP contribution < -0.4 is 11.0 Å². The van der Waals surface area contributed by atoms with E-state index in [0.29, 0.717) is 43.5 Å². The number of carbonyl (C=O) groups is 2. The molecule has 7 rings (SSSR count). The van der Waals surface area contributed by atoms with Gasteiger partial charge in [0.05, 0.1) is 21.5 Å². The Morgan fingerprint density at radius 2 is 1.56 bits per heavy atom. The zero-order valence-corrected chi connectivity index (χ0v) is 27.0. The van der Waals surface area contributed by atoms with Gasteiger partial charge in [-0.15, -0.1) is 0 Å². The molecule has 5 aromatic carbocycles. The molecule has 236 valence electrons. The van der Waals surface area contributed by atoms with Crippen molar-refractivity contribution >= 4 is 52.2 Å². The van der Waals surface area contributed by atoms with Crippen molar-refractivity contribution in [3.8, 4) is 17.1 Å². The van der Waals surface area contributed by atoms with Gasteiger partial charge in [-0.1, -0.05) is 95.7 Å². The minimum absolute atomic E-state index is 0.243. The number of hydrogen-bond donors (Lipinski definition) is 1. The predicted octanol–water partition coefficient (Wildman–Crippen LogP) is 8.11. The SMILES string of the molecule is Cc1ccc(-c2nc3ccccc3c(=O)n2-c2ccc(C(=O)NN3C(=O)/C(=C\c4ccccc4Cl)SC3c3ccc(F)cc3)cc2)cc1. The maximum Gasteiger partial charge on any atom is 0.280 e. The van der Waals surface area contributed by atoms with Crippen LogP contribution >= 0.6 is 23.4 Å². The maximum absolute atomic E-state index is 13.8. The first-order valence-corrected chi connectivity index (χ1v) is 16.2. The van der Waals surface area contributed by atoms with Crippen LogP contribution in [0.2, 0.25) is 5.02 Å². The average molecular weight is 673 g/mol. The molecule has 1 aliphatic heterocycles. The van der Waals surface area contributed by atoms with Gasteiger partial charge < -0.3 is 0 Å². The number of amides is 2. The van der Waals surface area contributed by atoms with E-state index in [1.54, 1.807) is 78.9 Å². The molecule has 6 aromatic rings. The van der Waals surface area contributed by atoms with Crippen LogP contribution in [-0.2, 0) is 4.79 Å². The molecule has 7 nitrogen and oxygen atoms in total. The fourth-order valence-electron chi connectivity index (χ4n) is 5.44. The first-order valence-electron chi connectivity index (χ1n) is 15.0. The van der Waals surface area contributed by atoms with Gasteiger partial charge in [-0.05, 0) is 78.7 Å². The standard InChI is InChI=1S/C38H26ClFN4O3S/c1-23-10-12-24(13-11-23)34-41-32-9-5-3-7-30(32)36(46)43(34)29-20-16-25(17-21-29)35(45)42-44-37(47)33(22-27-6-2-4-8-31(27)39)48-38(44)26-14-18-28(40)19-15-26/h2-22,38H,1H3,(H,42,45)/b33-22+. The first kappa shape index (κ1) is 31.1. The lowest BCUT2D eigenvalue weighted by Gasteiger charge is -2.24. The number of aromatic nitrogens is 2. The topological polar surface area (TPSA) is 84.3 Å². The van der Waals surface area contributed by atoms with Crippen molar-refractivity contribution in [3.63, 3.8) is 0 Å². The molecule has 48 heavy (non-hydrogen) atoms. The van der Waals surface area contributed by atoms with Crippen molar-refractivity contribution in [3.05, 3.63) is 170 Å². The molecule has 0 radical (unpaired) electrons. The van der Waals surface area contributed by atoms with E-state index in [1.807, 2.05) is 43.3 Å². The van der Waals surface area contributed by atoms with Crippen molar-refractivity contribution in [1.29, 1.82) is 0 Å². The highest BCUT2D eigenvalue weighted by Gasteiger charge is 2.39. The van der Waals surface area contributed by atoms with Gasteiger partial charge in [0.1, 0.15) is 17.0 Å². The summed E-state index contributed by atoms with van der Waals surface area (Å²) in [4.78, 5) is 46.3. The average Bonchev–Trinajstić information content (AvgIpc) is 3.40. The van der Waals surface area contributed by atoms with E-state index < -0.39 is 23.0 Å². The van der Waals surface area contributed by atoms with E-state index in [0.717, 1.165) is 11.1 Å². The summed E-state index contributed by atoms with van der Waals surface area (Å²) >= 11 is 7.58. The number of halogens is 2. The smallest absolute Gasteiger partial charge is 0.268 e. The number of carbonyl (C=O) groups excluding carboxylic acids is 2. The zero-order chi connectivity index (χ0) is 33.4. The lowest BCUT2D eigenvalue weighted by atomic mass is 10.1. The van der Waals surface area contributed by atoms with Crippen LogP contribution in [0.15, 0.2) is 131 Å². The van der Waals surface area contributed by atoms with Crippen molar-refractivity contribution < 1.29 is 14.0 Å². The van der Waals surface area contributed by atoms with Crippen LogP contribution in [0.5, 0.6) is 0 Å². The van der Waals surface area contributed by atoms with Crippen LogP contribution in [0.3, 0.4) is 0 Å². The van der Waals surface area contributed by atoms with Crippen LogP contribution in [0.1, 0.15) is 32.4 Å². The fraction of sp³-hybridized carbons (Fsp3) is 0.0526. The molecule has 2 heterocycles. The van der Waals surface area contributed by atoms with E-state index in [2.05, 4.69) is 5.43 Å². The highest BCUT2D eigenvalue weighted by Crippen LogP contribution is 2.45. The third kappa shape index (κ3) is 6.01. The lowest BCUT2D eigenvalue weighted by Crippen LogP contribution is -2.44. The molecule has 1 N–H and O–H groups in total. The van der Waals surface area contributed by atoms with E-state index in [9.17, 15) is 18.8 Å². The summed E-state index contributed by atoms with van der Waals surface area (Å²) in [6.07, 6.45) is 1.67. The minimum atomic E-state index is -0.658. The number of fused-ring (bicyclic) bond motifs is 1. The maximum atomic E-state index is 13.8. The summed E-state index contributed by atoms with van der Waals surface area (Å²) in [6.45, 7) is 1.99. The Balaban J connectivity index is 1.22. The Labute approximate surface area is 284 Å². The second-order valence-electron chi connectivity index (χ2n) is 11.2. The van der Waals surface area contributed by atoms with Gasteiger partial charge in [-0.2, -0.15) is 0 Å². The third-order valence-corrected chi connectivity index (χ3v) is 9.54. The number of aryl methyl sites for hydroxylation is 1. The molecule has 1 unspecified atom stereocenters. The number of nitrogens with one attached hydrogen (secondary N) is 1. The monoisotopic (exact) mass is 672 g/mol. The molecular weight excluding hydrogens is 647 g/mol. The number of para-hydroxylation sites is 1. The van der Waals surface area contributed by atoms with Crippen LogP contribution in [0, 0.1) is 12.7 Å². The van der Waals surface area contributed by atoms with Gasteiger partial charge in [-0.25, -0.2) is 14.4 Å². The van der Waals surface area contributed by atoms with E-state index in [-0.39, 0.29) is 11.1 Å². The third-order valence-electron chi connectivity index (χ3n) is 7.94. The van der Waals surface area contributed by atoms with E-state index in [1.165, 1.54) is 33.5 Å². The molecular formula is C38H26ClFN4O3S. The summed E-state index contributed by atoms with van der Waals surface area (Å²) in [5, 5.41) is 1.53. The molecule has 1 aliphatic rings. The predicted molar refractivity (Wildman–Crippen MR) is 188 cm³/mol. The molecule has 0 spiro atoms. The number of hydrogen-bond acceptors (Lipinski definition) is 5. The second kappa shape index (κ2) is 12.9. The van der Waals surface area contributed by atoms with Gasteiger partial charge in [0.25, 0.3) is 17.4 Å². The molecule has 1 aromatic heterocycles. The van der Waals surface area contributed by atoms with Crippen LogP contribution in [-0.4, -0.2) is 26.4 Å². The van der Waals surface area contributed by atoms with Gasteiger partial charge in [0, 0.05) is 16.1 Å². The van der Waals surface area contributed by atoms with Crippen molar-refractivity contribution in [2.45, 2.75) is 12.3 Å². The normalized spacial score (nSPS) is 15.3. The number of benzene rings is 5. The molecule has 1 saturated heterocycles. The quantitative estimate of drug-likeness (QED) is 0.181. The van der Waals surface area contributed by atoms with Gasteiger partial charge >= 0.3 is 0 Å². The summed E-state index contributed by atoms with van der Waals surface area (Å²) in [5.74, 6) is -0.919. The highest BCUT2D eigenvalue weighted by atomic mass is 35.5. The van der Waals surface area contributed by atoms with Gasteiger partial charge in [0.15, 0.2) is 0 Å². The summed E-state index contributed by atoms with van der Waals surface area (Å²) < 4.78 is 15.3. The fourth-order valence-corrected chi connectivity index (χ4v) is 6.81.